The van der Waals surface area contributed by atoms with E-state index < -0.39 is 0 Å². The molecule has 1 rings (SSSR count). The Labute approximate surface area is 107 Å². The summed E-state index contributed by atoms with van der Waals surface area (Å²) in [6.45, 7) is 5.53. The SMILES string of the molecule is COC(=O)C1CCN(C(=O)CSC(C)C)CC1. The predicted octanol–water partition coefficient (Wildman–Crippen LogP) is 1.54. The Kier molecular flexibility index (Phi) is 5.82. The zero-order valence-electron chi connectivity index (χ0n) is 10.8. The largest absolute Gasteiger partial charge is 0.469 e. The zero-order valence-corrected chi connectivity index (χ0v) is 11.6. The molecule has 1 fully saturated rings. The maximum atomic E-state index is 11.8. The van der Waals surface area contributed by atoms with E-state index in [1.165, 1.54) is 7.11 Å². The van der Waals surface area contributed by atoms with Gasteiger partial charge in [0.25, 0.3) is 0 Å². The minimum Gasteiger partial charge on any atom is -0.469 e. The third kappa shape index (κ3) is 4.58. The van der Waals surface area contributed by atoms with Gasteiger partial charge in [-0.05, 0) is 18.1 Å². The molecule has 98 valence electrons. The van der Waals surface area contributed by atoms with Gasteiger partial charge in [0.05, 0.1) is 18.8 Å². The number of likely N-dealkylation sites (tertiary alicyclic amines) is 1. The normalized spacial score (nSPS) is 17.3. The van der Waals surface area contributed by atoms with Crippen molar-refractivity contribution in [1.82, 2.24) is 4.90 Å². The molecule has 0 atom stereocenters. The lowest BCUT2D eigenvalue weighted by Gasteiger charge is -2.30. The van der Waals surface area contributed by atoms with Gasteiger partial charge in [-0.15, -0.1) is 11.8 Å². The third-order valence-electron chi connectivity index (χ3n) is 2.92. The Morgan fingerprint density at radius 3 is 2.41 bits per heavy atom. The highest BCUT2D eigenvalue weighted by Gasteiger charge is 2.27. The van der Waals surface area contributed by atoms with Crippen LogP contribution in [0.15, 0.2) is 0 Å². The molecule has 0 aromatic rings. The maximum absolute atomic E-state index is 11.8. The molecule has 0 N–H and O–H groups in total. The van der Waals surface area contributed by atoms with Crippen LogP contribution in [0.4, 0.5) is 0 Å². The second-order valence-electron chi connectivity index (χ2n) is 4.54. The summed E-state index contributed by atoms with van der Waals surface area (Å²) in [5.41, 5.74) is 0. The number of carbonyl (C=O) groups excluding carboxylic acids is 2. The van der Waals surface area contributed by atoms with Gasteiger partial charge in [-0.3, -0.25) is 9.59 Å². The summed E-state index contributed by atoms with van der Waals surface area (Å²) < 4.78 is 4.72. The van der Waals surface area contributed by atoms with Gasteiger partial charge in [0.15, 0.2) is 0 Å². The fraction of sp³-hybridized carbons (Fsp3) is 0.833. The molecular weight excluding hydrogens is 238 g/mol. The summed E-state index contributed by atoms with van der Waals surface area (Å²) in [6, 6.07) is 0. The van der Waals surface area contributed by atoms with Gasteiger partial charge in [-0.2, -0.15) is 0 Å². The van der Waals surface area contributed by atoms with Crippen LogP contribution in [0.1, 0.15) is 26.7 Å². The summed E-state index contributed by atoms with van der Waals surface area (Å²) in [5, 5.41) is 0.478. The van der Waals surface area contributed by atoms with E-state index in [1.54, 1.807) is 11.8 Å². The Balaban J connectivity index is 2.31. The molecule has 1 saturated heterocycles. The standard InChI is InChI=1S/C12H21NO3S/c1-9(2)17-8-11(14)13-6-4-10(5-7-13)12(15)16-3/h9-10H,4-8H2,1-3H3. The van der Waals surface area contributed by atoms with E-state index in [4.69, 9.17) is 4.74 Å². The summed E-state index contributed by atoms with van der Waals surface area (Å²) in [4.78, 5) is 25.0. The van der Waals surface area contributed by atoms with Gasteiger partial charge in [0, 0.05) is 13.1 Å². The number of nitrogens with zero attached hydrogens (tertiary/aromatic N) is 1. The number of hydrogen-bond acceptors (Lipinski definition) is 4. The molecule has 0 bridgehead atoms. The first kappa shape index (κ1) is 14.4. The Morgan fingerprint density at radius 2 is 1.94 bits per heavy atom. The molecule has 1 amide bonds. The zero-order chi connectivity index (χ0) is 12.8. The lowest BCUT2D eigenvalue weighted by atomic mass is 9.97. The van der Waals surface area contributed by atoms with E-state index in [2.05, 4.69) is 13.8 Å². The van der Waals surface area contributed by atoms with Gasteiger partial charge < -0.3 is 9.64 Å². The van der Waals surface area contributed by atoms with Crippen LogP contribution in [-0.2, 0) is 14.3 Å². The van der Waals surface area contributed by atoms with Crippen molar-refractivity contribution in [3.8, 4) is 0 Å². The Hall–Kier alpha value is -0.710. The average molecular weight is 259 g/mol. The molecule has 17 heavy (non-hydrogen) atoms. The molecule has 0 spiro atoms. The molecule has 5 heteroatoms. The van der Waals surface area contributed by atoms with Gasteiger partial charge in [-0.25, -0.2) is 0 Å². The smallest absolute Gasteiger partial charge is 0.308 e. The average Bonchev–Trinajstić information content (AvgIpc) is 2.35. The highest BCUT2D eigenvalue weighted by atomic mass is 32.2. The number of thioether (sulfide) groups is 1. The lowest BCUT2D eigenvalue weighted by molar-refractivity contribution is -0.148. The number of ether oxygens (including phenoxy) is 1. The second-order valence-corrected chi connectivity index (χ2v) is 6.10. The van der Waals surface area contributed by atoms with Crippen molar-refractivity contribution in [3.63, 3.8) is 0 Å². The van der Waals surface area contributed by atoms with E-state index in [-0.39, 0.29) is 17.8 Å². The topological polar surface area (TPSA) is 46.6 Å². The molecule has 1 aliphatic heterocycles. The quantitative estimate of drug-likeness (QED) is 0.719. The van der Waals surface area contributed by atoms with Crippen LogP contribution < -0.4 is 0 Å². The van der Waals surface area contributed by atoms with Crippen molar-refractivity contribution in [3.05, 3.63) is 0 Å². The van der Waals surface area contributed by atoms with E-state index in [0.29, 0.717) is 24.1 Å². The number of carbonyl (C=O) groups is 2. The second kappa shape index (κ2) is 6.89. The highest BCUT2D eigenvalue weighted by Crippen LogP contribution is 2.19. The number of piperidine rings is 1. The van der Waals surface area contributed by atoms with Crippen molar-refractivity contribution in [2.75, 3.05) is 26.0 Å². The van der Waals surface area contributed by atoms with Crippen LogP contribution in [0.25, 0.3) is 0 Å². The third-order valence-corrected chi connectivity index (χ3v) is 4.00. The number of hydrogen-bond donors (Lipinski definition) is 0. The highest BCUT2D eigenvalue weighted by molar-refractivity contribution is 8.00. The van der Waals surface area contributed by atoms with Crippen LogP contribution in [0.2, 0.25) is 0 Å². The molecule has 1 aliphatic rings. The van der Waals surface area contributed by atoms with E-state index in [0.717, 1.165) is 12.8 Å². The Morgan fingerprint density at radius 1 is 1.35 bits per heavy atom. The van der Waals surface area contributed by atoms with E-state index >= 15 is 0 Å². The van der Waals surface area contributed by atoms with Crippen molar-refractivity contribution < 1.29 is 14.3 Å². The molecule has 1 heterocycles. The van der Waals surface area contributed by atoms with E-state index in [1.807, 2.05) is 4.90 Å². The van der Waals surface area contributed by atoms with Crippen LogP contribution in [-0.4, -0.2) is 48.0 Å². The number of esters is 1. The summed E-state index contributed by atoms with van der Waals surface area (Å²) in [5.74, 6) is 0.558. The van der Waals surface area contributed by atoms with Crippen molar-refractivity contribution in [2.45, 2.75) is 31.9 Å². The number of amides is 1. The molecule has 0 aliphatic carbocycles. The minimum absolute atomic E-state index is 0.0261. The number of rotatable bonds is 4. The van der Waals surface area contributed by atoms with Crippen molar-refractivity contribution in [2.24, 2.45) is 5.92 Å². The monoisotopic (exact) mass is 259 g/mol. The van der Waals surface area contributed by atoms with Crippen molar-refractivity contribution in [1.29, 1.82) is 0 Å². The molecule has 0 radical (unpaired) electrons. The van der Waals surface area contributed by atoms with Crippen LogP contribution >= 0.6 is 11.8 Å². The van der Waals surface area contributed by atoms with Crippen LogP contribution in [0.5, 0.6) is 0 Å². The van der Waals surface area contributed by atoms with Gasteiger partial charge >= 0.3 is 5.97 Å². The van der Waals surface area contributed by atoms with Crippen LogP contribution in [0.3, 0.4) is 0 Å². The molecular formula is C12H21NO3S. The molecule has 0 unspecified atom stereocenters. The van der Waals surface area contributed by atoms with Gasteiger partial charge in [-0.1, -0.05) is 13.8 Å². The van der Waals surface area contributed by atoms with E-state index in [9.17, 15) is 9.59 Å². The first-order valence-electron chi connectivity index (χ1n) is 6.01. The fourth-order valence-corrected chi connectivity index (χ4v) is 2.52. The minimum atomic E-state index is -0.145. The molecule has 0 saturated carbocycles. The lowest BCUT2D eigenvalue weighted by Crippen LogP contribution is -2.41. The first-order valence-corrected chi connectivity index (χ1v) is 7.06. The Bertz CT molecular complexity index is 273. The maximum Gasteiger partial charge on any atom is 0.308 e. The predicted molar refractivity (Wildman–Crippen MR) is 68.9 cm³/mol. The summed E-state index contributed by atoms with van der Waals surface area (Å²) >= 11 is 1.66. The van der Waals surface area contributed by atoms with Crippen LogP contribution in [0, 0.1) is 5.92 Å². The fourth-order valence-electron chi connectivity index (χ4n) is 1.86. The summed E-state index contributed by atoms with van der Waals surface area (Å²) in [7, 11) is 1.42. The molecule has 0 aromatic heterocycles. The summed E-state index contributed by atoms with van der Waals surface area (Å²) in [6.07, 6.45) is 1.45. The number of methoxy groups -OCH3 is 1. The first-order chi connectivity index (χ1) is 8.04. The molecule has 4 nitrogen and oxygen atoms in total. The molecule has 0 aromatic carbocycles. The van der Waals surface area contributed by atoms with Crippen molar-refractivity contribution >= 4 is 23.6 Å². The van der Waals surface area contributed by atoms with Gasteiger partial charge in [0.2, 0.25) is 5.91 Å². The van der Waals surface area contributed by atoms with Gasteiger partial charge in [0.1, 0.15) is 0 Å².